The van der Waals surface area contributed by atoms with Gasteiger partial charge in [0.25, 0.3) is 0 Å². The van der Waals surface area contributed by atoms with Crippen molar-refractivity contribution in [2.45, 2.75) is 51.5 Å². The molecule has 0 bridgehead atoms. The molecule has 1 aromatic carbocycles. The molecule has 2 rings (SSSR count). The van der Waals surface area contributed by atoms with Gasteiger partial charge in [0.15, 0.2) is 5.60 Å². The van der Waals surface area contributed by atoms with Gasteiger partial charge in [0, 0.05) is 16.0 Å². The van der Waals surface area contributed by atoms with Gasteiger partial charge in [-0.15, -0.1) is 0 Å². The van der Waals surface area contributed by atoms with Gasteiger partial charge in [-0.1, -0.05) is 41.4 Å². The minimum Gasteiger partial charge on any atom is -0.456 e. The summed E-state index contributed by atoms with van der Waals surface area (Å²) in [6, 6.07) is 3.44. The average molecular weight is 437 g/mol. The van der Waals surface area contributed by atoms with Crippen LogP contribution < -0.4 is 0 Å². The minimum atomic E-state index is -5.00. The highest BCUT2D eigenvalue weighted by Gasteiger charge is 2.59. The first kappa shape index (κ1) is 22.8. The van der Waals surface area contributed by atoms with Crippen LogP contribution in [0.1, 0.15) is 48.7 Å². The minimum absolute atomic E-state index is 0.0195. The fourth-order valence-corrected chi connectivity index (χ4v) is 3.66. The zero-order valence-electron chi connectivity index (χ0n) is 15.8. The molecule has 2 atom stereocenters. The second kappa shape index (κ2) is 7.73. The normalized spacial score (nSPS) is 20.1. The maximum absolute atomic E-state index is 14.0. The number of aryl methyl sites for hydroxylation is 1. The van der Waals surface area contributed by atoms with E-state index in [0.29, 0.717) is 0 Å². The van der Waals surface area contributed by atoms with Gasteiger partial charge in [0.05, 0.1) is 5.56 Å². The summed E-state index contributed by atoms with van der Waals surface area (Å²) in [5.41, 5.74) is -4.00. The lowest BCUT2D eigenvalue weighted by Crippen LogP contribution is -2.48. The molecule has 0 fully saturated rings. The maximum atomic E-state index is 14.0. The fraction of sp³-hybridized carbons (Fsp3) is 0.450. The molecule has 1 aliphatic rings. The van der Waals surface area contributed by atoms with Crippen LogP contribution in [0, 0.1) is 12.8 Å². The van der Waals surface area contributed by atoms with Crippen molar-refractivity contribution in [3.63, 3.8) is 0 Å². The van der Waals surface area contributed by atoms with Gasteiger partial charge in [-0.2, -0.15) is 13.2 Å². The molecular weight excluding hydrogens is 416 g/mol. The molecule has 8 heteroatoms. The molecule has 3 nitrogen and oxygen atoms in total. The maximum Gasteiger partial charge on any atom is 0.422 e. The summed E-state index contributed by atoms with van der Waals surface area (Å²) < 4.78 is 47.2. The Bertz CT molecular complexity index is 838. The number of halogens is 5. The van der Waals surface area contributed by atoms with E-state index in [1.54, 1.807) is 20.8 Å². The number of carbonyl (C=O) groups excluding carboxylic acids is 1. The van der Waals surface area contributed by atoms with E-state index in [-0.39, 0.29) is 27.6 Å². The van der Waals surface area contributed by atoms with E-state index >= 15 is 0 Å². The molecule has 1 aromatic rings. The second-order valence-electron chi connectivity index (χ2n) is 7.75. The summed E-state index contributed by atoms with van der Waals surface area (Å²) in [5, 5.41) is 10.9. The Kier molecular flexibility index (Phi) is 6.29. The van der Waals surface area contributed by atoms with Crippen LogP contribution in [-0.4, -0.2) is 22.9 Å². The van der Waals surface area contributed by atoms with Crippen LogP contribution >= 0.6 is 23.2 Å². The van der Waals surface area contributed by atoms with Gasteiger partial charge in [-0.3, -0.25) is 0 Å². The van der Waals surface area contributed by atoms with Crippen LogP contribution in [0.2, 0.25) is 0 Å². The van der Waals surface area contributed by atoms with E-state index in [2.05, 4.69) is 0 Å². The van der Waals surface area contributed by atoms with Gasteiger partial charge in [-0.05, 0) is 57.4 Å². The van der Waals surface area contributed by atoms with Crippen LogP contribution in [-0.2, 0) is 10.3 Å². The van der Waals surface area contributed by atoms with Crippen molar-refractivity contribution in [1.29, 1.82) is 0 Å². The van der Waals surface area contributed by atoms with Crippen LogP contribution in [0.3, 0.4) is 0 Å². The molecule has 0 aromatic heterocycles. The number of hydrogen-bond donors (Lipinski definition) is 1. The zero-order valence-corrected chi connectivity index (χ0v) is 17.3. The highest BCUT2D eigenvalue weighted by molar-refractivity contribution is 6.34. The molecule has 0 heterocycles. The van der Waals surface area contributed by atoms with Crippen molar-refractivity contribution in [3.05, 3.63) is 57.1 Å². The molecule has 1 N–H and O–H groups in total. The zero-order chi connectivity index (χ0) is 21.5. The Balaban J connectivity index is 2.51. The van der Waals surface area contributed by atoms with Gasteiger partial charge >= 0.3 is 12.1 Å². The number of carbonyl (C=O) groups is 1. The lowest BCUT2D eigenvalue weighted by molar-refractivity contribution is -0.281. The summed E-state index contributed by atoms with van der Waals surface area (Å²) >= 11 is 11.8. The first-order valence-electron chi connectivity index (χ1n) is 8.52. The van der Waals surface area contributed by atoms with Crippen molar-refractivity contribution in [2.75, 3.05) is 0 Å². The second-order valence-corrected chi connectivity index (χ2v) is 8.67. The van der Waals surface area contributed by atoms with Gasteiger partial charge in [0.1, 0.15) is 5.60 Å². The molecule has 154 valence electrons. The molecule has 0 saturated carbocycles. The third-order valence-corrected chi connectivity index (χ3v) is 4.82. The summed E-state index contributed by atoms with van der Waals surface area (Å²) in [6.07, 6.45) is -2.74. The summed E-state index contributed by atoms with van der Waals surface area (Å²) in [4.78, 5) is 12.3. The Labute approximate surface area is 171 Å². The molecule has 0 saturated heterocycles. The van der Waals surface area contributed by atoms with Crippen LogP contribution in [0.4, 0.5) is 13.2 Å². The summed E-state index contributed by atoms with van der Waals surface area (Å²) in [5.74, 6) is -2.07. The SMILES string of the molecule is Cc1cc([C@@](O)(C2C=C(Cl)C=C(Cl)C2)C(F)(F)F)ccc1C(=O)OC(C)(C)C. The molecular formula is C20H21Cl2F3O3. The summed E-state index contributed by atoms with van der Waals surface area (Å²) in [7, 11) is 0. The number of benzene rings is 1. The lowest BCUT2D eigenvalue weighted by Gasteiger charge is -2.38. The Morgan fingerprint density at radius 2 is 1.82 bits per heavy atom. The largest absolute Gasteiger partial charge is 0.456 e. The number of esters is 1. The Morgan fingerprint density at radius 1 is 1.21 bits per heavy atom. The first-order chi connectivity index (χ1) is 12.6. The van der Waals surface area contributed by atoms with Gasteiger partial charge in [0.2, 0.25) is 0 Å². The smallest absolute Gasteiger partial charge is 0.422 e. The highest BCUT2D eigenvalue weighted by atomic mass is 35.5. The van der Waals surface area contributed by atoms with E-state index in [1.807, 2.05) is 0 Å². The molecule has 0 amide bonds. The van der Waals surface area contributed by atoms with Gasteiger partial charge in [-0.25, -0.2) is 4.79 Å². The van der Waals surface area contributed by atoms with E-state index in [9.17, 15) is 23.1 Å². The Morgan fingerprint density at radius 3 is 2.29 bits per heavy atom. The molecule has 1 aliphatic carbocycles. The number of aliphatic hydroxyl groups is 1. The predicted octanol–water partition coefficient (Wildman–Crippen LogP) is 5.97. The number of allylic oxidation sites excluding steroid dienone is 3. The number of ether oxygens (including phenoxy) is 1. The van der Waals surface area contributed by atoms with Crippen molar-refractivity contribution < 1.29 is 27.8 Å². The molecule has 0 aliphatic heterocycles. The fourth-order valence-electron chi connectivity index (χ4n) is 3.04. The van der Waals surface area contributed by atoms with E-state index in [0.717, 1.165) is 18.2 Å². The van der Waals surface area contributed by atoms with E-state index in [1.165, 1.54) is 19.1 Å². The highest BCUT2D eigenvalue weighted by Crippen LogP contribution is 2.49. The monoisotopic (exact) mass is 436 g/mol. The number of alkyl halides is 3. The third kappa shape index (κ3) is 4.73. The summed E-state index contributed by atoms with van der Waals surface area (Å²) in [6.45, 7) is 6.55. The van der Waals surface area contributed by atoms with Crippen LogP contribution in [0.5, 0.6) is 0 Å². The van der Waals surface area contributed by atoms with Crippen molar-refractivity contribution in [2.24, 2.45) is 5.92 Å². The topological polar surface area (TPSA) is 46.5 Å². The molecule has 1 unspecified atom stereocenters. The standard InChI is InChI=1S/C20H21Cl2F3O3/c1-11-7-12(5-6-16(11)17(26)28-18(2,3)4)19(27,20(23,24)25)13-8-14(21)10-15(22)9-13/h5-8,10,13,27H,9H2,1-4H3/t13?,19-/m1/s1. The first-order valence-corrected chi connectivity index (χ1v) is 9.27. The quantitative estimate of drug-likeness (QED) is 0.594. The third-order valence-electron chi connectivity index (χ3n) is 4.32. The van der Waals surface area contributed by atoms with E-state index in [4.69, 9.17) is 27.9 Å². The van der Waals surface area contributed by atoms with Crippen molar-refractivity contribution >= 4 is 29.2 Å². The van der Waals surface area contributed by atoms with Crippen molar-refractivity contribution in [1.82, 2.24) is 0 Å². The van der Waals surface area contributed by atoms with Crippen LogP contribution in [0.15, 0.2) is 40.4 Å². The van der Waals surface area contributed by atoms with Gasteiger partial charge < -0.3 is 9.84 Å². The Hall–Kier alpha value is -1.50. The molecule has 0 radical (unpaired) electrons. The lowest BCUT2D eigenvalue weighted by atomic mass is 9.76. The van der Waals surface area contributed by atoms with E-state index < -0.39 is 34.8 Å². The number of rotatable bonds is 3. The molecule has 28 heavy (non-hydrogen) atoms. The van der Waals surface area contributed by atoms with Crippen molar-refractivity contribution in [3.8, 4) is 0 Å². The predicted molar refractivity (Wildman–Crippen MR) is 102 cm³/mol. The van der Waals surface area contributed by atoms with Crippen LogP contribution in [0.25, 0.3) is 0 Å². The number of hydrogen-bond acceptors (Lipinski definition) is 3. The molecule has 0 spiro atoms. The average Bonchev–Trinajstić information content (AvgIpc) is 2.50.